The molecule has 0 aromatic rings. The molecule has 1 aliphatic rings. The Morgan fingerprint density at radius 3 is 2.33 bits per heavy atom. The zero-order valence-corrected chi connectivity index (χ0v) is 8.65. The third kappa shape index (κ3) is 2.20. The molecule has 0 unspecified atom stereocenters. The van der Waals surface area contributed by atoms with Crippen molar-refractivity contribution in [1.29, 1.82) is 0 Å². The minimum absolute atomic E-state index is 0.308. The van der Waals surface area contributed by atoms with Crippen LogP contribution in [0.5, 0.6) is 0 Å². The van der Waals surface area contributed by atoms with E-state index in [1.165, 1.54) is 24.1 Å². The average Bonchev–Trinajstić information content (AvgIpc) is 2.03. The molecule has 0 fully saturated rings. The van der Waals surface area contributed by atoms with Crippen molar-refractivity contribution in [1.82, 2.24) is 0 Å². The van der Waals surface area contributed by atoms with E-state index >= 15 is 0 Å². The van der Waals surface area contributed by atoms with Crippen LogP contribution in [0.2, 0.25) is 0 Å². The first-order chi connectivity index (χ1) is 5.54. The number of aliphatic imine (C=N–C) groups is 1. The predicted octanol–water partition coefficient (Wildman–Crippen LogP) is 3.56. The van der Waals surface area contributed by atoms with Crippen molar-refractivity contribution >= 4 is 5.71 Å². The lowest BCUT2D eigenvalue weighted by atomic mass is 9.83. The number of hydrogen-bond acceptors (Lipinski definition) is 1. The van der Waals surface area contributed by atoms with Gasteiger partial charge in [-0.2, -0.15) is 0 Å². The Kier molecular flexibility index (Phi) is 2.71. The molecule has 1 heterocycles. The lowest BCUT2D eigenvalue weighted by molar-refractivity contribution is 0.480. The molecule has 0 atom stereocenters. The van der Waals surface area contributed by atoms with Gasteiger partial charge in [0, 0.05) is 11.9 Å². The molecule has 0 saturated carbocycles. The summed E-state index contributed by atoms with van der Waals surface area (Å²) in [7, 11) is 0. The number of rotatable bonds is 1. The molecular weight excluding hydrogens is 146 g/mol. The highest BCUT2D eigenvalue weighted by atomic mass is 14.7. The van der Waals surface area contributed by atoms with Gasteiger partial charge < -0.3 is 0 Å². The van der Waals surface area contributed by atoms with E-state index in [0.717, 1.165) is 6.42 Å². The van der Waals surface area contributed by atoms with E-state index in [0.29, 0.717) is 5.41 Å². The maximum absolute atomic E-state index is 4.45. The SMILES string of the molecule is CCC1=NC=C(C(C)(C)C)CC1. The molecule has 0 aliphatic carbocycles. The van der Waals surface area contributed by atoms with E-state index in [4.69, 9.17) is 0 Å². The minimum Gasteiger partial charge on any atom is -0.266 e. The van der Waals surface area contributed by atoms with Gasteiger partial charge in [0.15, 0.2) is 0 Å². The highest BCUT2D eigenvalue weighted by Gasteiger charge is 2.18. The van der Waals surface area contributed by atoms with Crippen LogP contribution in [-0.2, 0) is 0 Å². The van der Waals surface area contributed by atoms with Crippen molar-refractivity contribution in [3.63, 3.8) is 0 Å². The predicted molar refractivity (Wildman–Crippen MR) is 54.5 cm³/mol. The molecule has 0 aromatic heterocycles. The van der Waals surface area contributed by atoms with Gasteiger partial charge in [0.05, 0.1) is 0 Å². The Labute approximate surface area is 75.6 Å². The molecule has 1 heteroatoms. The summed E-state index contributed by atoms with van der Waals surface area (Å²) in [5.41, 5.74) is 3.14. The first-order valence-corrected chi connectivity index (χ1v) is 4.79. The smallest absolute Gasteiger partial charge is 0.0264 e. The van der Waals surface area contributed by atoms with E-state index in [1.54, 1.807) is 0 Å². The Morgan fingerprint density at radius 2 is 2.00 bits per heavy atom. The van der Waals surface area contributed by atoms with Crippen LogP contribution in [-0.4, -0.2) is 5.71 Å². The van der Waals surface area contributed by atoms with Crippen molar-refractivity contribution in [3.8, 4) is 0 Å². The second-order valence-electron chi connectivity index (χ2n) is 4.45. The topological polar surface area (TPSA) is 12.4 Å². The van der Waals surface area contributed by atoms with Gasteiger partial charge >= 0.3 is 0 Å². The summed E-state index contributed by atoms with van der Waals surface area (Å²) in [5.74, 6) is 0. The van der Waals surface area contributed by atoms with Crippen molar-refractivity contribution in [3.05, 3.63) is 11.8 Å². The number of nitrogens with zero attached hydrogens (tertiary/aromatic N) is 1. The summed E-state index contributed by atoms with van der Waals surface area (Å²) < 4.78 is 0. The van der Waals surface area contributed by atoms with Crippen LogP contribution in [0.25, 0.3) is 0 Å². The van der Waals surface area contributed by atoms with Gasteiger partial charge in [0.1, 0.15) is 0 Å². The molecule has 68 valence electrons. The standard InChI is InChI=1S/C11H19N/c1-5-10-7-6-9(8-12-10)11(2,3)4/h8H,5-7H2,1-4H3. The molecule has 1 aliphatic heterocycles. The Hall–Kier alpha value is -0.590. The van der Waals surface area contributed by atoms with Crippen molar-refractivity contribution < 1.29 is 0 Å². The normalized spacial score (nSPS) is 18.7. The van der Waals surface area contributed by atoms with Gasteiger partial charge in [-0.1, -0.05) is 27.7 Å². The fourth-order valence-electron chi connectivity index (χ4n) is 1.41. The lowest BCUT2D eigenvalue weighted by Gasteiger charge is -2.24. The maximum Gasteiger partial charge on any atom is 0.0264 e. The van der Waals surface area contributed by atoms with Crippen LogP contribution in [0.1, 0.15) is 47.0 Å². The van der Waals surface area contributed by atoms with Gasteiger partial charge in [0.2, 0.25) is 0 Å². The van der Waals surface area contributed by atoms with Crippen molar-refractivity contribution in [2.45, 2.75) is 47.0 Å². The Morgan fingerprint density at radius 1 is 1.33 bits per heavy atom. The summed E-state index contributed by atoms with van der Waals surface area (Å²) in [6, 6.07) is 0. The van der Waals surface area contributed by atoms with Crippen LogP contribution >= 0.6 is 0 Å². The van der Waals surface area contributed by atoms with Gasteiger partial charge in [-0.25, -0.2) is 0 Å². The van der Waals surface area contributed by atoms with Gasteiger partial charge in [-0.3, -0.25) is 4.99 Å². The summed E-state index contributed by atoms with van der Waals surface area (Å²) in [5, 5.41) is 0. The Bertz CT molecular complexity index is 216. The van der Waals surface area contributed by atoms with Crippen LogP contribution in [0, 0.1) is 5.41 Å². The molecule has 0 N–H and O–H groups in total. The van der Waals surface area contributed by atoms with Gasteiger partial charge in [0.25, 0.3) is 0 Å². The van der Waals surface area contributed by atoms with Crippen LogP contribution in [0.15, 0.2) is 16.8 Å². The molecule has 1 nitrogen and oxygen atoms in total. The van der Waals surface area contributed by atoms with E-state index in [-0.39, 0.29) is 0 Å². The molecular formula is C11H19N. The van der Waals surface area contributed by atoms with Crippen LogP contribution < -0.4 is 0 Å². The minimum atomic E-state index is 0.308. The fourth-order valence-corrected chi connectivity index (χ4v) is 1.41. The third-order valence-electron chi connectivity index (χ3n) is 2.46. The maximum atomic E-state index is 4.45. The van der Waals surface area contributed by atoms with Crippen LogP contribution in [0.4, 0.5) is 0 Å². The molecule has 0 amide bonds. The van der Waals surface area contributed by atoms with Crippen molar-refractivity contribution in [2.75, 3.05) is 0 Å². The molecule has 0 aromatic carbocycles. The highest BCUT2D eigenvalue weighted by molar-refractivity contribution is 5.85. The second kappa shape index (κ2) is 3.42. The molecule has 12 heavy (non-hydrogen) atoms. The summed E-state index contributed by atoms with van der Waals surface area (Å²) in [4.78, 5) is 4.45. The fraction of sp³-hybridized carbons (Fsp3) is 0.727. The Balaban J connectivity index is 2.73. The van der Waals surface area contributed by atoms with E-state index in [9.17, 15) is 0 Å². The van der Waals surface area contributed by atoms with E-state index in [2.05, 4.69) is 38.9 Å². The second-order valence-corrected chi connectivity index (χ2v) is 4.45. The van der Waals surface area contributed by atoms with E-state index < -0.39 is 0 Å². The average molecular weight is 165 g/mol. The summed E-state index contributed by atoms with van der Waals surface area (Å²) in [6.45, 7) is 8.94. The van der Waals surface area contributed by atoms with Gasteiger partial charge in [-0.05, 0) is 30.3 Å². The van der Waals surface area contributed by atoms with Crippen LogP contribution in [0.3, 0.4) is 0 Å². The largest absolute Gasteiger partial charge is 0.266 e. The third-order valence-corrected chi connectivity index (χ3v) is 2.46. The molecule has 0 saturated heterocycles. The van der Waals surface area contributed by atoms with Gasteiger partial charge in [-0.15, -0.1) is 0 Å². The molecule has 0 bridgehead atoms. The molecule has 1 rings (SSSR count). The molecule has 0 spiro atoms. The highest BCUT2D eigenvalue weighted by Crippen LogP contribution is 2.31. The zero-order valence-electron chi connectivity index (χ0n) is 8.65. The zero-order chi connectivity index (χ0) is 9.19. The summed E-state index contributed by atoms with van der Waals surface area (Å²) in [6.07, 6.45) is 5.55. The number of hydrogen-bond donors (Lipinski definition) is 0. The first kappa shape index (κ1) is 9.50. The summed E-state index contributed by atoms with van der Waals surface area (Å²) >= 11 is 0. The lowest BCUT2D eigenvalue weighted by Crippen LogP contribution is -2.13. The molecule has 0 radical (unpaired) electrons. The van der Waals surface area contributed by atoms with Crippen molar-refractivity contribution in [2.24, 2.45) is 10.4 Å². The number of allylic oxidation sites excluding steroid dienone is 1. The monoisotopic (exact) mass is 165 g/mol. The first-order valence-electron chi connectivity index (χ1n) is 4.79. The van der Waals surface area contributed by atoms with E-state index in [1.807, 2.05) is 0 Å². The quantitative estimate of drug-likeness (QED) is 0.563.